The molecule has 0 aliphatic carbocycles. The predicted molar refractivity (Wildman–Crippen MR) is 250 cm³/mol. The number of unbranched alkanes of at least 4 members (excludes halogenated alkanes) is 24. The fourth-order valence-electron chi connectivity index (χ4n) is 7.38. The molecule has 6 nitrogen and oxygen atoms in total. The third-order valence-electron chi connectivity index (χ3n) is 11.1. The van der Waals surface area contributed by atoms with Crippen LogP contribution in [0.5, 0.6) is 0 Å². The average Bonchev–Trinajstić information content (AvgIpc) is 3.22. The largest absolute Gasteiger partial charge is 0.462 e. The van der Waals surface area contributed by atoms with Gasteiger partial charge >= 0.3 is 5.97 Å². The number of aliphatic hydroxyl groups is 2. The van der Waals surface area contributed by atoms with E-state index in [4.69, 9.17) is 4.74 Å². The Labute approximate surface area is 359 Å². The van der Waals surface area contributed by atoms with Crippen LogP contribution in [0.4, 0.5) is 0 Å². The molecule has 0 heterocycles. The minimum atomic E-state index is -0.792. The van der Waals surface area contributed by atoms with Gasteiger partial charge in [0.15, 0.2) is 0 Å². The van der Waals surface area contributed by atoms with E-state index < -0.39 is 18.2 Å². The molecule has 0 fully saturated rings. The van der Waals surface area contributed by atoms with Crippen molar-refractivity contribution in [3.63, 3.8) is 0 Å². The first-order valence-corrected chi connectivity index (χ1v) is 24.9. The van der Waals surface area contributed by atoms with Crippen molar-refractivity contribution in [3.8, 4) is 0 Å². The molecule has 0 bridgehead atoms. The van der Waals surface area contributed by atoms with Gasteiger partial charge in [0.25, 0.3) is 0 Å². The molecule has 1 amide bonds. The van der Waals surface area contributed by atoms with Crippen molar-refractivity contribution in [1.29, 1.82) is 0 Å². The Balaban J connectivity index is 4.63. The molecular formula is C52H95NO5. The van der Waals surface area contributed by atoms with E-state index in [-0.39, 0.29) is 24.9 Å². The number of rotatable bonds is 44. The molecule has 0 radical (unpaired) electrons. The number of esters is 1. The van der Waals surface area contributed by atoms with Crippen molar-refractivity contribution < 1.29 is 24.5 Å². The monoisotopic (exact) mass is 814 g/mol. The van der Waals surface area contributed by atoms with Crippen LogP contribution >= 0.6 is 0 Å². The standard InChI is InChI=1S/C52H95NO5/c1-4-7-10-13-16-19-22-25-27-30-33-36-39-42-45-52(57)58-48(43-40-37-34-31-28-26-23-20-17-14-11-8-5-2)46-51(56)53-49(47-54)50(55)44-41-38-35-32-29-24-21-18-15-12-9-6-3/h7,10,16,19-20,23,25,27,48-50,54-55H,4-6,8-9,11-15,17-18,21-22,24,26,28-47H2,1-3H3,(H,53,56)/b10-7+,19-16+,23-20-,27-25+. The van der Waals surface area contributed by atoms with Gasteiger partial charge in [-0.25, -0.2) is 0 Å². The molecule has 3 atom stereocenters. The number of allylic oxidation sites excluding steroid dienone is 8. The van der Waals surface area contributed by atoms with Crippen LogP contribution in [0.2, 0.25) is 0 Å². The van der Waals surface area contributed by atoms with Gasteiger partial charge < -0.3 is 20.3 Å². The highest BCUT2D eigenvalue weighted by molar-refractivity contribution is 5.77. The quantitative estimate of drug-likeness (QED) is 0.0323. The topological polar surface area (TPSA) is 95.9 Å². The lowest BCUT2D eigenvalue weighted by Crippen LogP contribution is -2.46. The highest BCUT2D eigenvalue weighted by Gasteiger charge is 2.24. The van der Waals surface area contributed by atoms with E-state index in [2.05, 4.69) is 74.7 Å². The lowest BCUT2D eigenvalue weighted by molar-refractivity contribution is -0.151. The number of amides is 1. The number of ether oxygens (including phenoxy) is 1. The third kappa shape index (κ3) is 40.6. The van der Waals surface area contributed by atoms with Crippen LogP contribution in [0.25, 0.3) is 0 Å². The van der Waals surface area contributed by atoms with Crippen molar-refractivity contribution in [2.24, 2.45) is 0 Å². The van der Waals surface area contributed by atoms with E-state index in [1.807, 2.05) is 0 Å². The summed E-state index contributed by atoms with van der Waals surface area (Å²) >= 11 is 0. The van der Waals surface area contributed by atoms with Crippen molar-refractivity contribution >= 4 is 11.9 Å². The molecule has 0 spiro atoms. The second-order valence-electron chi connectivity index (χ2n) is 16.8. The summed E-state index contributed by atoms with van der Waals surface area (Å²) in [5.74, 6) is -0.505. The SMILES string of the molecule is CC/C=C/C/C=C/C/C=C/CCCCCCC(=O)OC(CCCCCCC/C=C\CCCCCC)CC(=O)NC(CO)C(O)CCCCCCCCCCCCCC. The summed E-state index contributed by atoms with van der Waals surface area (Å²) in [5, 5.41) is 23.7. The molecule has 3 N–H and O–H groups in total. The van der Waals surface area contributed by atoms with Crippen molar-refractivity contribution in [3.05, 3.63) is 48.6 Å². The summed E-state index contributed by atoms with van der Waals surface area (Å²) in [5.41, 5.74) is 0. The summed E-state index contributed by atoms with van der Waals surface area (Å²) in [7, 11) is 0. The van der Waals surface area contributed by atoms with Crippen LogP contribution in [0.15, 0.2) is 48.6 Å². The average molecular weight is 814 g/mol. The highest BCUT2D eigenvalue weighted by Crippen LogP contribution is 2.17. The summed E-state index contributed by atoms with van der Waals surface area (Å²) in [6, 6.07) is -0.707. The normalized spacial score (nSPS) is 13.7. The van der Waals surface area contributed by atoms with Crippen LogP contribution in [0, 0.1) is 0 Å². The zero-order chi connectivity index (χ0) is 42.4. The molecule has 0 aromatic heterocycles. The minimum absolute atomic E-state index is 0.0631. The third-order valence-corrected chi connectivity index (χ3v) is 11.1. The molecule has 0 aliphatic heterocycles. The van der Waals surface area contributed by atoms with Crippen molar-refractivity contribution in [2.75, 3.05) is 6.61 Å². The molecule has 0 aromatic carbocycles. The molecule has 6 heteroatoms. The van der Waals surface area contributed by atoms with Crippen molar-refractivity contribution in [2.45, 2.75) is 264 Å². The van der Waals surface area contributed by atoms with E-state index in [1.54, 1.807) is 0 Å². The summed E-state index contributed by atoms with van der Waals surface area (Å²) in [6.45, 7) is 6.35. The molecule has 0 aromatic rings. The molecule has 0 aliphatic rings. The lowest BCUT2D eigenvalue weighted by atomic mass is 10.0. The fourth-order valence-corrected chi connectivity index (χ4v) is 7.38. The Morgan fingerprint density at radius 3 is 1.45 bits per heavy atom. The van der Waals surface area contributed by atoms with Crippen LogP contribution in [0.1, 0.15) is 245 Å². The van der Waals surface area contributed by atoms with Gasteiger partial charge in [0.05, 0.1) is 25.2 Å². The fraction of sp³-hybridized carbons (Fsp3) is 0.808. The Morgan fingerprint density at radius 2 is 0.931 bits per heavy atom. The van der Waals surface area contributed by atoms with Crippen LogP contribution in [-0.2, 0) is 14.3 Å². The van der Waals surface area contributed by atoms with Crippen LogP contribution in [0.3, 0.4) is 0 Å². The molecule has 338 valence electrons. The Morgan fingerprint density at radius 1 is 0.517 bits per heavy atom. The maximum absolute atomic E-state index is 13.2. The van der Waals surface area contributed by atoms with Gasteiger partial charge in [-0.1, -0.05) is 198 Å². The maximum atomic E-state index is 13.2. The Hall–Kier alpha value is -2.18. The summed E-state index contributed by atoms with van der Waals surface area (Å²) in [6.07, 6.45) is 54.5. The molecule has 0 rings (SSSR count). The van der Waals surface area contributed by atoms with E-state index >= 15 is 0 Å². The van der Waals surface area contributed by atoms with Gasteiger partial charge in [-0.2, -0.15) is 0 Å². The Kier molecular flexibility index (Phi) is 44.2. The lowest BCUT2D eigenvalue weighted by Gasteiger charge is -2.24. The number of carbonyl (C=O) groups excluding carboxylic acids is 2. The summed E-state index contributed by atoms with van der Waals surface area (Å²) in [4.78, 5) is 26.1. The summed E-state index contributed by atoms with van der Waals surface area (Å²) < 4.78 is 5.91. The van der Waals surface area contributed by atoms with E-state index in [1.165, 1.54) is 103 Å². The molecule has 58 heavy (non-hydrogen) atoms. The predicted octanol–water partition coefficient (Wildman–Crippen LogP) is 14.7. The van der Waals surface area contributed by atoms with Gasteiger partial charge in [0.1, 0.15) is 6.10 Å². The number of aliphatic hydroxyl groups excluding tert-OH is 2. The van der Waals surface area contributed by atoms with Gasteiger partial charge in [0, 0.05) is 6.42 Å². The van der Waals surface area contributed by atoms with E-state index in [9.17, 15) is 19.8 Å². The van der Waals surface area contributed by atoms with Crippen LogP contribution < -0.4 is 5.32 Å². The first-order valence-electron chi connectivity index (χ1n) is 24.9. The second kappa shape index (κ2) is 45.9. The molecule has 0 saturated heterocycles. The first kappa shape index (κ1) is 55.8. The van der Waals surface area contributed by atoms with E-state index in [0.29, 0.717) is 19.3 Å². The highest BCUT2D eigenvalue weighted by atomic mass is 16.5. The zero-order valence-electron chi connectivity index (χ0n) is 38.4. The minimum Gasteiger partial charge on any atom is -0.462 e. The maximum Gasteiger partial charge on any atom is 0.306 e. The number of carbonyl (C=O) groups is 2. The first-order chi connectivity index (χ1) is 28.5. The smallest absolute Gasteiger partial charge is 0.306 e. The van der Waals surface area contributed by atoms with Gasteiger partial charge in [-0.15, -0.1) is 0 Å². The van der Waals surface area contributed by atoms with Gasteiger partial charge in [0.2, 0.25) is 5.91 Å². The van der Waals surface area contributed by atoms with Crippen LogP contribution in [-0.4, -0.2) is 46.9 Å². The van der Waals surface area contributed by atoms with E-state index in [0.717, 1.165) is 96.3 Å². The van der Waals surface area contributed by atoms with Gasteiger partial charge in [-0.05, 0) is 83.5 Å². The molecule has 0 saturated carbocycles. The second-order valence-corrected chi connectivity index (χ2v) is 16.8. The van der Waals surface area contributed by atoms with Gasteiger partial charge in [-0.3, -0.25) is 9.59 Å². The zero-order valence-corrected chi connectivity index (χ0v) is 38.4. The molecule has 3 unspecified atom stereocenters. The number of hydrogen-bond donors (Lipinski definition) is 3. The van der Waals surface area contributed by atoms with Crippen molar-refractivity contribution in [1.82, 2.24) is 5.32 Å². The molecular weight excluding hydrogens is 719 g/mol. The number of nitrogens with one attached hydrogen (secondary N) is 1. The Bertz CT molecular complexity index is 1000. The number of hydrogen-bond acceptors (Lipinski definition) is 5.